The van der Waals surface area contributed by atoms with Gasteiger partial charge in [-0.3, -0.25) is 9.59 Å². The molecule has 4 aliphatic carbocycles. The van der Waals surface area contributed by atoms with E-state index in [4.69, 9.17) is 0 Å². The Labute approximate surface area is 235 Å². The number of Topliss-reactive ketones (excluding diaryl/α,β-unsaturated/α-hetero) is 1. The number of rotatable bonds is 6. The molecule has 1 amide bonds. The summed E-state index contributed by atoms with van der Waals surface area (Å²) in [6.07, 6.45) is 8.17. The molecule has 4 nitrogen and oxygen atoms in total. The Kier molecular flexibility index (Phi) is 7.79. The Hall–Kier alpha value is -0.720. The Morgan fingerprint density at radius 2 is 1.86 bits per heavy atom. The summed E-state index contributed by atoms with van der Waals surface area (Å²) in [6, 6.07) is 4.23. The van der Waals surface area contributed by atoms with Crippen LogP contribution < -0.4 is 5.32 Å². The number of carbonyl (C=O) groups excluding carboxylic acids is 2. The van der Waals surface area contributed by atoms with Crippen LogP contribution in [-0.2, 0) is 9.59 Å². The van der Waals surface area contributed by atoms with Crippen LogP contribution in [-0.4, -0.2) is 22.9 Å². The number of thiophene rings is 1. The van der Waals surface area contributed by atoms with E-state index in [0.717, 1.165) is 35.9 Å². The summed E-state index contributed by atoms with van der Waals surface area (Å²) in [6.45, 7) is 11.5. The second-order valence-electron chi connectivity index (χ2n) is 13.9. The zero-order chi connectivity index (χ0) is 26.7. The highest BCUT2D eigenvalue weighted by Gasteiger charge is 2.63. The normalized spacial score (nSPS) is 41.0. The van der Waals surface area contributed by atoms with Gasteiger partial charge in [0.1, 0.15) is 5.78 Å². The average Bonchev–Trinajstić information content (AvgIpc) is 3.41. The summed E-state index contributed by atoms with van der Waals surface area (Å²) in [5, 5.41) is 14.8. The maximum atomic E-state index is 13.3. The third-order valence-corrected chi connectivity index (χ3v) is 13.4. The lowest BCUT2D eigenvalue weighted by Crippen LogP contribution is -2.58. The minimum Gasteiger partial charge on any atom is -0.393 e. The van der Waals surface area contributed by atoms with Gasteiger partial charge < -0.3 is 10.4 Å². The van der Waals surface area contributed by atoms with Crippen LogP contribution in [0.5, 0.6) is 0 Å². The van der Waals surface area contributed by atoms with Gasteiger partial charge in [-0.2, -0.15) is 0 Å². The Morgan fingerprint density at radius 3 is 2.54 bits per heavy atom. The second kappa shape index (κ2) is 10.4. The predicted molar refractivity (Wildman–Crippen MR) is 153 cm³/mol. The van der Waals surface area contributed by atoms with Crippen molar-refractivity contribution in [3.8, 4) is 0 Å². The molecule has 4 saturated carbocycles. The monoisotopic (exact) mass is 591 g/mol. The van der Waals surface area contributed by atoms with Crippen LogP contribution in [0.3, 0.4) is 0 Å². The highest BCUT2D eigenvalue weighted by Crippen LogP contribution is 2.68. The molecule has 0 bridgehead atoms. The van der Waals surface area contributed by atoms with E-state index in [0.29, 0.717) is 60.1 Å². The number of carbonyl (C=O) groups is 2. The van der Waals surface area contributed by atoms with Gasteiger partial charge >= 0.3 is 0 Å². The van der Waals surface area contributed by atoms with E-state index in [-0.39, 0.29) is 28.9 Å². The van der Waals surface area contributed by atoms with Gasteiger partial charge in [0.05, 0.1) is 15.9 Å². The quantitative estimate of drug-likeness (QED) is 0.359. The van der Waals surface area contributed by atoms with Crippen molar-refractivity contribution in [1.29, 1.82) is 0 Å². The first-order chi connectivity index (χ1) is 17.4. The molecular formula is C31H46BrNO3S. The molecule has 0 radical (unpaired) electrons. The maximum absolute atomic E-state index is 13.3. The molecule has 6 heteroatoms. The van der Waals surface area contributed by atoms with E-state index in [1.807, 2.05) is 0 Å². The van der Waals surface area contributed by atoms with Gasteiger partial charge in [-0.1, -0.05) is 34.6 Å². The van der Waals surface area contributed by atoms with Crippen LogP contribution in [0, 0.1) is 52.3 Å². The van der Waals surface area contributed by atoms with Crippen molar-refractivity contribution in [2.24, 2.45) is 52.3 Å². The highest BCUT2D eigenvalue weighted by molar-refractivity contribution is 9.11. The van der Waals surface area contributed by atoms with Gasteiger partial charge in [0, 0.05) is 24.1 Å². The molecule has 1 unspecified atom stereocenters. The second-order valence-corrected chi connectivity index (χ2v) is 16.4. The predicted octanol–water partition coefficient (Wildman–Crippen LogP) is 7.55. The number of amides is 1. The molecule has 0 aromatic carbocycles. The van der Waals surface area contributed by atoms with Crippen molar-refractivity contribution < 1.29 is 14.7 Å². The third kappa shape index (κ3) is 4.90. The third-order valence-electron chi connectivity index (χ3n) is 11.7. The maximum Gasteiger partial charge on any atom is 0.220 e. The van der Waals surface area contributed by atoms with Crippen LogP contribution in [0.25, 0.3) is 0 Å². The van der Waals surface area contributed by atoms with Gasteiger partial charge in [0.25, 0.3) is 0 Å². The molecule has 1 aromatic heterocycles. The molecule has 4 fully saturated rings. The molecule has 5 rings (SSSR count). The Morgan fingerprint density at radius 1 is 1.14 bits per heavy atom. The van der Waals surface area contributed by atoms with Crippen LogP contribution in [0.1, 0.15) is 103 Å². The van der Waals surface area contributed by atoms with Gasteiger partial charge in [-0.25, -0.2) is 0 Å². The van der Waals surface area contributed by atoms with Gasteiger partial charge in [0.2, 0.25) is 5.91 Å². The molecule has 10 atom stereocenters. The van der Waals surface area contributed by atoms with Crippen molar-refractivity contribution >= 4 is 39.0 Å². The van der Waals surface area contributed by atoms with Crippen molar-refractivity contribution in [2.45, 2.75) is 105 Å². The largest absolute Gasteiger partial charge is 0.393 e. The minimum absolute atomic E-state index is 0.0480. The molecule has 0 spiro atoms. The highest BCUT2D eigenvalue weighted by atomic mass is 79.9. The molecule has 206 valence electrons. The van der Waals surface area contributed by atoms with Gasteiger partial charge in [-0.05, 0) is 119 Å². The molecule has 0 aliphatic heterocycles. The molecule has 0 saturated heterocycles. The first-order valence-electron chi connectivity index (χ1n) is 14.7. The van der Waals surface area contributed by atoms with E-state index in [2.05, 4.69) is 68.0 Å². The lowest BCUT2D eigenvalue weighted by molar-refractivity contribution is -0.169. The van der Waals surface area contributed by atoms with E-state index in [9.17, 15) is 14.7 Å². The SMILES string of the molecule is CC(C)C(NC(=O)C[C@@H](C)[C@H]1CC[C@H]2[C@@H]3[C@H](O)C[C@@H]4CC(=O)CC[C@]4(C)[C@H]3CC[C@]12C)c1ccc(Br)s1. The van der Waals surface area contributed by atoms with Crippen molar-refractivity contribution in [1.82, 2.24) is 5.32 Å². The van der Waals surface area contributed by atoms with Crippen molar-refractivity contribution in [3.63, 3.8) is 0 Å². The number of hydrogen-bond acceptors (Lipinski definition) is 4. The molecule has 1 heterocycles. The van der Waals surface area contributed by atoms with Gasteiger partial charge in [0.15, 0.2) is 0 Å². The first kappa shape index (κ1) is 27.8. The smallest absolute Gasteiger partial charge is 0.220 e. The number of hydrogen-bond donors (Lipinski definition) is 2. The van der Waals surface area contributed by atoms with Crippen LogP contribution >= 0.6 is 27.3 Å². The fourth-order valence-corrected chi connectivity index (χ4v) is 11.4. The van der Waals surface area contributed by atoms with E-state index in [1.54, 1.807) is 11.3 Å². The van der Waals surface area contributed by atoms with Crippen molar-refractivity contribution in [3.05, 3.63) is 20.8 Å². The number of halogens is 1. The zero-order valence-electron chi connectivity index (χ0n) is 23.3. The number of aliphatic hydroxyl groups excluding tert-OH is 1. The van der Waals surface area contributed by atoms with E-state index < -0.39 is 0 Å². The Bertz CT molecular complexity index is 1020. The summed E-state index contributed by atoms with van der Waals surface area (Å²) in [7, 11) is 0. The summed E-state index contributed by atoms with van der Waals surface area (Å²) < 4.78 is 1.10. The summed E-state index contributed by atoms with van der Waals surface area (Å²) in [5.41, 5.74) is 0.386. The summed E-state index contributed by atoms with van der Waals surface area (Å²) >= 11 is 5.27. The Balaban J connectivity index is 1.28. The molecule has 2 N–H and O–H groups in total. The van der Waals surface area contributed by atoms with Crippen LogP contribution in [0.15, 0.2) is 15.9 Å². The molecular weight excluding hydrogens is 546 g/mol. The van der Waals surface area contributed by atoms with E-state index >= 15 is 0 Å². The minimum atomic E-state index is -0.284. The van der Waals surface area contributed by atoms with Crippen molar-refractivity contribution in [2.75, 3.05) is 0 Å². The van der Waals surface area contributed by atoms with Crippen LogP contribution in [0.4, 0.5) is 0 Å². The fraction of sp³-hybridized carbons (Fsp3) is 0.806. The molecule has 4 aliphatic rings. The van der Waals surface area contributed by atoms with Crippen LogP contribution in [0.2, 0.25) is 0 Å². The standard InChI is InChI=1S/C31H46BrNO3S/c1-17(2)29(25-8-9-26(32)37-25)33-27(36)14-18(3)21-6-7-22-28-23(11-13-31(21,22)5)30(4)12-10-20(34)15-19(30)16-24(28)35/h8-9,17-19,21-24,28-29,35H,6-7,10-16H2,1-5H3,(H,33,36)/t18-,19+,21-,22+,23+,24-,28+,29?,30+,31-/m1/s1. The number of aliphatic hydroxyl groups is 1. The zero-order valence-corrected chi connectivity index (χ0v) is 25.7. The number of nitrogens with one attached hydrogen (secondary N) is 1. The molecule has 1 aromatic rings. The number of fused-ring (bicyclic) bond motifs is 5. The first-order valence-corrected chi connectivity index (χ1v) is 16.3. The molecule has 37 heavy (non-hydrogen) atoms. The summed E-state index contributed by atoms with van der Waals surface area (Å²) in [4.78, 5) is 26.7. The summed E-state index contributed by atoms with van der Waals surface area (Å²) in [5.74, 6) is 3.50. The van der Waals surface area contributed by atoms with Gasteiger partial charge in [-0.15, -0.1) is 11.3 Å². The average molecular weight is 593 g/mol. The lowest BCUT2D eigenvalue weighted by atomic mass is 9.44. The topological polar surface area (TPSA) is 66.4 Å². The number of ketones is 1. The lowest BCUT2D eigenvalue weighted by Gasteiger charge is -2.61. The van der Waals surface area contributed by atoms with E-state index in [1.165, 1.54) is 17.7 Å². The fourth-order valence-electron chi connectivity index (χ4n) is 9.72.